The maximum atomic E-state index is 11.9. The van der Waals surface area contributed by atoms with Gasteiger partial charge in [-0.25, -0.2) is 0 Å². The van der Waals surface area contributed by atoms with Crippen molar-refractivity contribution < 1.29 is 14.5 Å². The molecule has 0 bridgehead atoms. The van der Waals surface area contributed by atoms with E-state index in [9.17, 15) is 19.7 Å². The largest absolute Gasteiger partial charge is 0.354 e. The van der Waals surface area contributed by atoms with Gasteiger partial charge in [0.25, 0.3) is 11.6 Å². The second kappa shape index (κ2) is 7.72. The van der Waals surface area contributed by atoms with Crippen LogP contribution in [0.3, 0.4) is 0 Å². The van der Waals surface area contributed by atoms with E-state index in [1.165, 1.54) is 12.1 Å². The summed E-state index contributed by atoms with van der Waals surface area (Å²) in [6.45, 7) is 4.26. The summed E-state index contributed by atoms with van der Waals surface area (Å²) in [4.78, 5) is 33.5. The molecular weight excluding hydrogens is 342 g/mol. The van der Waals surface area contributed by atoms with E-state index in [1.54, 1.807) is 0 Å². The summed E-state index contributed by atoms with van der Waals surface area (Å²) in [5.74, 6) is -0.542. The Morgan fingerprint density at radius 1 is 1.33 bits per heavy atom. The van der Waals surface area contributed by atoms with Crippen molar-refractivity contribution in [1.29, 1.82) is 0 Å². The van der Waals surface area contributed by atoms with Crippen molar-refractivity contribution in [2.75, 3.05) is 13.1 Å². The summed E-state index contributed by atoms with van der Waals surface area (Å²) in [5.41, 5.74) is -0.0755. The number of rotatable bonds is 6. The van der Waals surface area contributed by atoms with Gasteiger partial charge in [-0.3, -0.25) is 19.7 Å². The highest BCUT2D eigenvalue weighted by Gasteiger charge is 2.16. The monoisotopic (exact) mass is 357 g/mol. The Morgan fingerprint density at radius 2 is 2.00 bits per heavy atom. The van der Waals surface area contributed by atoms with E-state index in [-0.39, 0.29) is 23.7 Å². The lowest BCUT2D eigenvalue weighted by Gasteiger charge is -2.09. The van der Waals surface area contributed by atoms with Gasteiger partial charge >= 0.3 is 0 Å². The van der Waals surface area contributed by atoms with E-state index in [4.69, 9.17) is 0 Å². The topological polar surface area (TPSA) is 101 Å². The predicted octanol–water partition coefficient (Wildman–Crippen LogP) is 1.86. The number of hydrogen-bond acceptors (Lipinski definition) is 4. The third-order valence-corrected chi connectivity index (χ3v) is 3.21. The molecule has 2 amide bonds. The quantitative estimate of drug-likeness (QED) is 0.599. The van der Waals surface area contributed by atoms with Crippen LogP contribution in [0.4, 0.5) is 5.69 Å². The maximum absolute atomic E-state index is 11.9. The zero-order chi connectivity index (χ0) is 16.0. The van der Waals surface area contributed by atoms with Crippen LogP contribution in [0.15, 0.2) is 22.7 Å². The van der Waals surface area contributed by atoms with Gasteiger partial charge in [0, 0.05) is 23.2 Å². The van der Waals surface area contributed by atoms with E-state index in [0.29, 0.717) is 16.9 Å². The number of halogens is 1. The molecule has 0 aliphatic rings. The Labute approximate surface area is 130 Å². The number of nitro groups is 1. The SMILES string of the molecule is CC(C)CNC(=O)CNC(=O)c1cc([N+](=O)[O-])ccc1Br. The molecular formula is C13H16BrN3O4. The minimum atomic E-state index is -0.585. The Hall–Kier alpha value is -1.96. The van der Waals surface area contributed by atoms with Crippen LogP contribution in [0.2, 0.25) is 0 Å². The molecule has 1 aromatic rings. The van der Waals surface area contributed by atoms with Gasteiger partial charge in [-0.2, -0.15) is 0 Å². The molecule has 0 aromatic heterocycles. The van der Waals surface area contributed by atoms with Crippen molar-refractivity contribution in [2.24, 2.45) is 5.92 Å². The Bertz CT molecular complexity index is 560. The van der Waals surface area contributed by atoms with Gasteiger partial charge in [0.05, 0.1) is 17.0 Å². The Kier molecular flexibility index (Phi) is 6.29. The van der Waals surface area contributed by atoms with Crippen molar-refractivity contribution in [3.63, 3.8) is 0 Å². The van der Waals surface area contributed by atoms with Gasteiger partial charge in [-0.05, 0) is 27.9 Å². The summed E-state index contributed by atoms with van der Waals surface area (Å²) in [6.07, 6.45) is 0. The predicted molar refractivity (Wildman–Crippen MR) is 81.0 cm³/mol. The molecule has 0 aliphatic heterocycles. The molecule has 2 N–H and O–H groups in total. The van der Waals surface area contributed by atoms with Crippen LogP contribution in [-0.4, -0.2) is 29.8 Å². The molecule has 8 heteroatoms. The number of nitro benzene ring substituents is 1. The van der Waals surface area contributed by atoms with Crippen molar-refractivity contribution in [2.45, 2.75) is 13.8 Å². The van der Waals surface area contributed by atoms with Crippen LogP contribution >= 0.6 is 15.9 Å². The Balaban J connectivity index is 2.65. The van der Waals surface area contributed by atoms with Crippen molar-refractivity contribution in [3.05, 3.63) is 38.3 Å². The summed E-state index contributed by atoms with van der Waals surface area (Å²) < 4.78 is 0.424. The van der Waals surface area contributed by atoms with Gasteiger partial charge in [0.15, 0.2) is 0 Å². The number of carbonyl (C=O) groups is 2. The molecule has 0 aliphatic carbocycles. The summed E-state index contributed by atoms with van der Waals surface area (Å²) >= 11 is 3.15. The average molecular weight is 358 g/mol. The van der Waals surface area contributed by atoms with Crippen molar-refractivity contribution in [3.8, 4) is 0 Å². The van der Waals surface area contributed by atoms with E-state index >= 15 is 0 Å². The van der Waals surface area contributed by atoms with E-state index < -0.39 is 10.8 Å². The lowest BCUT2D eigenvalue weighted by Crippen LogP contribution is -2.38. The second-order valence-electron chi connectivity index (χ2n) is 4.80. The molecule has 114 valence electrons. The third-order valence-electron chi connectivity index (χ3n) is 2.52. The summed E-state index contributed by atoms with van der Waals surface area (Å²) in [6, 6.07) is 3.87. The molecule has 0 saturated heterocycles. The smallest absolute Gasteiger partial charge is 0.270 e. The van der Waals surface area contributed by atoms with Crippen LogP contribution in [0.5, 0.6) is 0 Å². The fraction of sp³-hybridized carbons (Fsp3) is 0.385. The average Bonchev–Trinajstić information content (AvgIpc) is 2.42. The maximum Gasteiger partial charge on any atom is 0.270 e. The second-order valence-corrected chi connectivity index (χ2v) is 5.66. The van der Waals surface area contributed by atoms with Crippen molar-refractivity contribution in [1.82, 2.24) is 10.6 Å². The van der Waals surface area contributed by atoms with Gasteiger partial charge in [0.1, 0.15) is 0 Å². The van der Waals surface area contributed by atoms with Crippen molar-refractivity contribution >= 4 is 33.4 Å². The number of benzene rings is 1. The molecule has 0 radical (unpaired) electrons. The van der Waals surface area contributed by atoms with E-state index in [0.717, 1.165) is 6.07 Å². The van der Waals surface area contributed by atoms with E-state index in [2.05, 4.69) is 26.6 Å². The molecule has 0 spiro atoms. The summed E-state index contributed by atoms with van der Waals surface area (Å²) in [7, 11) is 0. The minimum Gasteiger partial charge on any atom is -0.354 e. The van der Waals surface area contributed by atoms with Crippen LogP contribution in [-0.2, 0) is 4.79 Å². The standard InChI is InChI=1S/C13H16BrN3O4/c1-8(2)6-15-12(18)7-16-13(19)10-5-9(17(20)21)3-4-11(10)14/h3-5,8H,6-7H2,1-2H3,(H,15,18)(H,16,19). The molecule has 7 nitrogen and oxygen atoms in total. The number of nitrogens with one attached hydrogen (secondary N) is 2. The number of hydrogen-bond donors (Lipinski definition) is 2. The van der Waals surface area contributed by atoms with Crippen LogP contribution in [0.1, 0.15) is 24.2 Å². The zero-order valence-electron chi connectivity index (χ0n) is 11.7. The van der Waals surface area contributed by atoms with Gasteiger partial charge in [0.2, 0.25) is 5.91 Å². The molecule has 0 saturated carbocycles. The molecule has 0 atom stereocenters. The first kappa shape index (κ1) is 17.1. The fourth-order valence-corrected chi connectivity index (χ4v) is 1.86. The first-order chi connectivity index (χ1) is 9.81. The number of amides is 2. The number of nitrogens with zero attached hydrogens (tertiary/aromatic N) is 1. The molecule has 0 unspecified atom stereocenters. The molecule has 1 aromatic carbocycles. The zero-order valence-corrected chi connectivity index (χ0v) is 13.3. The number of non-ortho nitro benzene ring substituents is 1. The van der Waals surface area contributed by atoms with E-state index in [1.807, 2.05) is 13.8 Å². The number of carbonyl (C=O) groups excluding carboxylic acids is 2. The van der Waals surface area contributed by atoms with Crippen LogP contribution in [0.25, 0.3) is 0 Å². The third kappa shape index (κ3) is 5.50. The minimum absolute atomic E-state index is 0.112. The van der Waals surface area contributed by atoms with Crippen LogP contribution in [0, 0.1) is 16.0 Å². The van der Waals surface area contributed by atoms with Crippen LogP contribution < -0.4 is 10.6 Å². The first-order valence-corrected chi connectivity index (χ1v) is 7.09. The molecule has 21 heavy (non-hydrogen) atoms. The fourth-order valence-electron chi connectivity index (χ4n) is 1.44. The lowest BCUT2D eigenvalue weighted by molar-refractivity contribution is -0.384. The lowest BCUT2D eigenvalue weighted by atomic mass is 10.2. The van der Waals surface area contributed by atoms with Gasteiger partial charge < -0.3 is 10.6 Å². The normalized spacial score (nSPS) is 10.3. The molecule has 0 fully saturated rings. The summed E-state index contributed by atoms with van der Waals surface area (Å²) in [5, 5.41) is 15.8. The molecule has 1 rings (SSSR count). The molecule has 0 heterocycles. The van der Waals surface area contributed by atoms with Gasteiger partial charge in [-0.1, -0.05) is 13.8 Å². The Morgan fingerprint density at radius 3 is 2.57 bits per heavy atom. The van der Waals surface area contributed by atoms with Gasteiger partial charge in [-0.15, -0.1) is 0 Å². The first-order valence-electron chi connectivity index (χ1n) is 6.30. The highest BCUT2D eigenvalue weighted by Crippen LogP contribution is 2.22. The highest BCUT2D eigenvalue weighted by molar-refractivity contribution is 9.10. The highest BCUT2D eigenvalue weighted by atomic mass is 79.9.